The number of hydrogen-bond donors (Lipinski definition) is 4. The summed E-state index contributed by atoms with van der Waals surface area (Å²) < 4.78 is 0. The molecule has 3 unspecified atom stereocenters. The van der Waals surface area contributed by atoms with E-state index < -0.39 is 18.3 Å². The van der Waals surface area contributed by atoms with Crippen LogP contribution >= 0.6 is 0 Å². The highest BCUT2D eigenvalue weighted by atomic mass is 16.4. The third kappa shape index (κ3) is 3.77. The third-order valence-electron chi connectivity index (χ3n) is 1.55. The molecule has 0 aromatic rings. The van der Waals surface area contributed by atoms with E-state index in [1.54, 1.807) is 0 Å². The van der Waals surface area contributed by atoms with Crippen LogP contribution in [-0.2, 0) is 4.79 Å². The SMILES string of the molecule is O=CCC(O)C(O)C(O)CCO. The number of carbonyl (C=O) groups excluding carboxylic acids is 1. The first-order valence-electron chi connectivity index (χ1n) is 3.72. The van der Waals surface area contributed by atoms with E-state index in [0.29, 0.717) is 6.29 Å². The lowest BCUT2D eigenvalue weighted by Crippen LogP contribution is -2.38. The Morgan fingerprint density at radius 3 is 2.17 bits per heavy atom. The van der Waals surface area contributed by atoms with Gasteiger partial charge in [-0.1, -0.05) is 0 Å². The van der Waals surface area contributed by atoms with Crippen LogP contribution in [0, 0.1) is 0 Å². The Bertz CT molecular complexity index is 127. The van der Waals surface area contributed by atoms with Crippen LogP contribution in [-0.4, -0.2) is 51.6 Å². The molecule has 0 bridgehead atoms. The van der Waals surface area contributed by atoms with Crippen LogP contribution in [0.5, 0.6) is 0 Å². The van der Waals surface area contributed by atoms with Crippen LogP contribution in [0.4, 0.5) is 0 Å². The fraction of sp³-hybridized carbons (Fsp3) is 0.857. The van der Waals surface area contributed by atoms with Crippen molar-refractivity contribution in [1.29, 1.82) is 0 Å². The standard InChI is InChI=1S/C7H14O5/c8-3-1-5(10)7(12)6(11)2-4-9/h3,5-7,9-12H,1-2,4H2. The van der Waals surface area contributed by atoms with Crippen molar-refractivity contribution >= 4 is 6.29 Å². The van der Waals surface area contributed by atoms with E-state index >= 15 is 0 Å². The molecule has 5 heteroatoms. The van der Waals surface area contributed by atoms with Crippen molar-refractivity contribution in [2.75, 3.05) is 6.61 Å². The van der Waals surface area contributed by atoms with Crippen molar-refractivity contribution in [2.24, 2.45) is 0 Å². The maximum absolute atomic E-state index is 9.90. The number of carbonyl (C=O) groups is 1. The van der Waals surface area contributed by atoms with E-state index in [2.05, 4.69) is 0 Å². The normalized spacial score (nSPS) is 18.3. The first-order chi connectivity index (χ1) is 5.63. The zero-order valence-corrected chi connectivity index (χ0v) is 6.63. The topological polar surface area (TPSA) is 98.0 Å². The van der Waals surface area contributed by atoms with E-state index in [1.165, 1.54) is 0 Å². The van der Waals surface area contributed by atoms with Gasteiger partial charge in [0.25, 0.3) is 0 Å². The van der Waals surface area contributed by atoms with Crippen molar-refractivity contribution in [1.82, 2.24) is 0 Å². The minimum absolute atomic E-state index is 0.0168. The second kappa shape index (κ2) is 6.07. The second-order valence-corrected chi connectivity index (χ2v) is 2.54. The van der Waals surface area contributed by atoms with Gasteiger partial charge in [-0.15, -0.1) is 0 Å². The van der Waals surface area contributed by atoms with E-state index in [4.69, 9.17) is 20.4 Å². The quantitative estimate of drug-likeness (QED) is 0.354. The highest BCUT2D eigenvalue weighted by molar-refractivity contribution is 5.50. The Morgan fingerprint density at radius 2 is 1.75 bits per heavy atom. The number of rotatable bonds is 6. The van der Waals surface area contributed by atoms with Gasteiger partial charge in [0.15, 0.2) is 0 Å². The van der Waals surface area contributed by atoms with Crippen LogP contribution in [0.2, 0.25) is 0 Å². The largest absolute Gasteiger partial charge is 0.396 e. The molecule has 0 saturated heterocycles. The molecule has 0 aliphatic rings. The number of aliphatic hydroxyl groups excluding tert-OH is 4. The van der Waals surface area contributed by atoms with Gasteiger partial charge in [0.2, 0.25) is 0 Å². The van der Waals surface area contributed by atoms with Gasteiger partial charge in [-0.3, -0.25) is 0 Å². The Balaban J connectivity index is 3.80. The molecule has 0 heterocycles. The molecule has 0 aromatic heterocycles. The van der Waals surface area contributed by atoms with Crippen LogP contribution in [0.15, 0.2) is 0 Å². The van der Waals surface area contributed by atoms with Crippen LogP contribution in [0.1, 0.15) is 12.8 Å². The van der Waals surface area contributed by atoms with Gasteiger partial charge >= 0.3 is 0 Å². The van der Waals surface area contributed by atoms with Gasteiger partial charge in [-0.05, 0) is 6.42 Å². The van der Waals surface area contributed by atoms with E-state index in [-0.39, 0.29) is 19.4 Å². The fourth-order valence-electron chi connectivity index (χ4n) is 0.797. The molecule has 72 valence electrons. The summed E-state index contributed by atoms with van der Waals surface area (Å²) in [5.74, 6) is 0. The summed E-state index contributed by atoms with van der Waals surface area (Å²) in [6.07, 6.45) is -3.60. The highest BCUT2D eigenvalue weighted by Gasteiger charge is 2.23. The summed E-state index contributed by atoms with van der Waals surface area (Å²) in [6, 6.07) is 0. The Kier molecular flexibility index (Phi) is 5.83. The molecule has 12 heavy (non-hydrogen) atoms. The van der Waals surface area contributed by atoms with Crippen LogP contribution in [0.3, 0.4) is 0 Å². The molecular formula is C7H14O5. The molecule has 5 nitrogen and oxygen atoms in total. The van der Waals surface area contributed by atoms with Crippen molar-refractivity contribution in [3.8, 4) is 0 Å². The molecule has 0 aliphatic carbocycles. The zero-order chi connectivity index (χ0) is 9.56. The lowest BCUT2D eigenvalue weighted by Gasteiger charge is -2.20. The molecule has 4 N–H and O–H groups in total. The predicted molar refractivity (Wildman–Crippen MR) is 40.4 cm³/mol. The molecule has 0 rings (SSSR count). The van der Waals surface area contributed by atoms with Gasteiger partial charge in [0, 0.05) is 13.0 Å². The molecule has 0 aromatic carbocycles. The minimum Gasteiger partial charge on any atom is -0.396 e. The number of aldehydes is 1. The van der Waals surface area contributed by atoms with Crippen molar-refractivity contribution < 1.29 is 25.2 Å². The summed E-state index contributed by atoms with van der Waals surface area (Å²) in [5, 5.41) is 35.5. The van der Waals surface area contributed by atoms with E-state index in [1.807, 2.05) is 0 Å². The zero-order valence-electron chi connectivity index (χ0n) is 6.63. The number of hydrogen-bond acceptors (Lipinski definition) is 5. The summed E-state index contributed by atoms with van der Waals surface area (Å²) in [7, 11) is 0. The van der Waals surface area contributed by atoms with Gasteiger partial charge in [-0.25, -0.2) is 0 Å². The molecule has 0 spiro atoms. The lowest BCUT2D eigenvalue weighted by molar-refractivity contribution is -0.114. The molecule has 3 atom stereocenters. The van der Waals surface area contributed by atoms with E-state index in [0.717, 1.165) is 0 Å². The smallest absolute Gasteiger partial charge is 0.122 e. The minimum atomic E-state index is -1.37. The first-order valence-corrected chi connectivity index (χ1v) is 3.72. The summed E-state index contributed by atoms with van der Waals surface area (Å²) in [6.45, 7) is -0.272. The second-order valence-electron chi connectivity index (χ2n) is 2.54. The van der Waals surface area contributed by atoms with Crippen LogP contribution in [0.25, 0.3) is 0 Å². The summed E-state index contributed by atoms with van der Waals surface area (Å²) in [4.78, 5) is 9.90. The van der Waals surface area contributed by atoms with Gasteiger partial charge < -0.3 is 25.2 Å². The van der Waals surface area contributed by atoms with Gasteiger partial charge in [-0.2, -0.15) is 0 Å². The van der Waals surface area contributed by atoms with Gasteiger partial charge in [0.05, 0.1) is 12.2 Å². The Morgan fingerprint density at radius 1 is 1.17 bits per heavy atom. The van der Waals surface area contributed by atoms with E-state index in [9.17, 15) is 4.79 Å². The monoisotopic (exact) mass is 178 g/mol. The summed E-state index contributed by atoms with van der Waals surface area (Å²) >= 11 is 0. The van der Waals surface area contributed by atoms with Crippen molar-refractivity contribution in [3.05, 3.63) is 0 Å². The number of aliphatic hydroxyl groups is 4. The molecule has 0 aliphatic heterocycles. The highest BCUT2D eigenvalue weighted by Crippen LogP contribution is 2.05. The van der Waals surface area contributed by atoms with Crippen molar-refractivity contribution in [2.45, 2.75) is 31.2 Å². The van der Waals surface area contributed by atoms with Crippen LogP contribution < -0.4 is 0 Å². The first kappa shape index (κ1) is 11.5. The van der Waals surface area contributed by atoms with Gasteiger partial charge in [0.1, 0.15) is 12.4 Å². The average Bonchev–Trinajstić information content (AvgIpc) is 2.04. The summed E-state index contributed by atoms with van der Waals surface area (Å²) in [5.41, 5.74) is 0. The molecular weight excluding hydrogens is 164 g/mol. The fourth-order valence-corrected chi connectivity index (χ4v) is 0.797. The van der Waals surface area contributed by atoms with Crippen molar-refractivity contribution in [3.63, 3.8) is 0 Å². The Labute approximate surface area is 70.3 Å². The third-order valence-corrected chi connectivity index (χ3v) is 1.55. The maximum Gasteiger partial charge on any atom is 0.122 e. The average molecular weight is 178 g/mol. The molecule has 0 amide bonds. The molecule has 0 radical (unpaired) electrons. The Hall–Kier alpha value is -0.490. The predicted octanol–water partition coefficient (Wildman–Crippen LogP) is -1.96. The molecule has 0 fully saturated rings. The lowest BCUT2D eigenvalue weighted by atomic mass is 10.0. The molecule has 0 saturated carbocycles. The maximum atomic E-state index is 9.90.